The van der Waals surface area contributed by atoms with E-state index >= 15 is 0 Å². The Morgan fingerprint density at radius 3 is 2.26 bits per heavy atom. The number of aromatic nitrogens is 1. The number of allylic oxidation sites excluding steroid dienone is 1. The van der Waals surface area contributed by atoms with Gasteiger partial charge in [-0.05, 0) is 54.0 Å². The molecule has 230 valence electrons. The lowest BCUT2D eigenvalue weighted by Crippen LogP contribution is -2.40. The van der Waals surface area contributed by atoms with E-state index in [0.29, 0.717) is 38.7 Å². The quantitative estimate of drug-likeness (QED) is 0.357. The molecule has 0 amide bonds. The molecule has 2 aromatic carbocycles. The maximum atomic E-state index is 14.3. The van der Waals surface area contributed by atoms with E-state index in [1.165, 1.54) is 18.4 Å². The number of fused-ring (bicyclic) bond motifs is 1. The summed E-state index contributed by atoms with van der Waals surface area (Å²) in [7, 11) is 2.87. The number of thiazole rings is 1. The summed E-state index contributed by atoms with van der Waals surface area (Å²) >= 11 is 1.25. The van der Waals surface area contributed by atoms with E-state index in [-0.39, 0.29) is 27.7 Å². The first kappa shape index (κ1) is 32.1. The highest BCUT2D eigenvalue weighted by Crippen LogP contribution is 2.42. The van der Waals surface area contributed by atoms with E-state index in [2.05, 4.69) is 46.5 Å². The van der Waals surface area contributed by atoms with Crippen LogP contribution in [0, 0.1) is 0 Å². The third kappa shape index (κ3) is 6.13. The Labute approximate surface area is 257 Å². The van der Waals surface area contributed by atoms with Crippen molar-refractivity contribution in [1.29, 1.82) is 0 Å². The summed E-state index contributed by atoms with van der Waals surface area (Å²) in [6, 6.07) is 8.46. The van der Waals surface area contributed by atoms with Crippen molar-refractivity contribution in [2.24, 2.45) is 4.99 Å². The molecule has 0 spiro atoms. The number of esters is 1. The molecule has 0 saturated heterocycles. The highest BCUT2D eigenvalue weighted by atomic mass is 32.1. The molecule has 0 radical (unpaired) electrons. The zero-order chi connectivity index (χ0) is 31.9. The molecule has 0 saturated carbocycles. The van der Waals surface area contributed by atoms with Crippen LogP contribution in [0.25, 0.3) is 6.08 Å². The van der Waals surface area contributed by atoms with E-state index in [1.807, 2.05) is 37.3 Å². The first-order valence-corrected chi connectivity index (χ1v) is 15.2. The smallest absolute Gasteiger partial charge is 0.338 e. The van der Waals surface area contributed by atoms with Gasteiger partial charge in [-0.3, -0.25) is 9.36 Å². The SMILES string of the molecule is CCCOc1c(OC)cccc1[C@H]1C(C(=O)OC)=C(C)N=c2sc(=Cc3cc(C(C)(C)C)c(O)c(C(C)(C)C)c3)c(=O)n21. The van der Waals surface area contributed by atoms with Gasteiger partial charge in [-0.2, -0.15) is 0 Å². The molecule has 3 aromatic rings. The molecule has 1 aliphatic heterocycles. The lowest BCUT2D eigenvalue weighted by Gasteiger charge is -2.27. The van der Waals surface area contributed by atoms with Gasteiger partial charge in [0.1, 0.15) is 11.8 Å². The highest BCUT2D eigenvalue weighted by molar-refractivity contribution is 7.07. The van der Waals surface area contributed by atoms with Crippen LogP contribution in [0.5, 0.6) is 17.2 Å². The van der Waals surface area contributed by atoms with Gasteiger partial charge in [0.2, 0.25) is 0 Å². The molecule has 1 N–H and O–H groups in total. The van der Waals surface area contributed by atoms with Gasteiger partial charge in [-0.15, -0.1) is 0 Å². The number of methoxy groups -OCH3 is 2. The second-order valence-electron chi connectivity index (χ2n) is 12.8. The molecule has 1 aliphatic rings. The summed E-state index contributed by atoms with van der Waals surface area (Å²) in [5.74, 6) is 0.661. The predicted octanol–water partition coefficient (Wildman–Crippen LogP) is 5.51. The number of hydrogen-bond acceptors (Lipinski definition) is 8. The number of phenolic OH excluding ortho intramolecular Hbond substituents is 1. The maximum absolute atomic E-state index is 14.3. The third-order valence-electron chi connectivity index (χ3n) is 7.45. The summed E-state index contributed by atoms with van der Waals surface area (Å²) in [5.41, 5.74) is 2.77. The van der Waals surface area contributed by atoms with Gasteiger partial charge in [-0.25, -0.2) is 9.79 Å². The van der Waals surface area contributed by atoms with Gasteiger partial charge in [-0.1, -0.05) is 71.9 Å². The van der Waals surface area contributed by atoms with Crippen molar-refractivity contribution in [1.82, 2.24) is 4.57 Å². The fourth-order valence-electron chi connectivity index (χ4n) is 5.29. The van der Waals surface area contributed by atoms with Crippen LogP contribution in [0.2, 0.25) is 0 Å². The fourth-order valence-corrected chi connectivity index (χ4v) is 6.34. The summed E-state index contributed by atoms with van der Waals surface area (Å²) in [4.78, 5) is 32.6. The number of rotatable bonds is 7. The molecule has 1 aromatic heterocycles. The normalized spacial score (nSPS) is 15.7. The molecule has 9 heteroatoms. The zero-order valence-electron chi connectivity index (χ0n) is 26.7. The number of hydrogen-bond donors (Lipinski definition) is 1. The number of para-hydroxylation sites is 1. The molecular weight excluding hydrogens is 564 g/mol. The Balaban J connectivity index is 2.04. The first-order valence-electron chi connectivity index (χ1n) is 14.4. The van der Waals surface area contributed by atoms with E-state index in [4.69, 9.17) is 14.2 Å². The molecule has 0 bridgehead atoms. The van der Waals surface area contributed by atoms with Crippen LogP contribution in [0.1, 0.15) is 90.1 Å². The van der Waals surface area contributed by atoms with Crippen LogP contribution < -0.4 is 24.4 Å². The predicted molar refractivity (Wildman–Crippen MR) is 170 cm³/mol. The second kappa shape index (κ2) is 12.0. The minimum absolute atomic E-state index is 0.255. The minimum Gasteiger partial charge on any atom is -0.507 e. The van der Waals surface area contributed by atoms with Crippen molar-refractivity contribution in [3.05, 3.63) is 83.5 Å². The van der Waals surface area contributed by atoms with Gasteiger partial charge in [0, 0.05) is 16.7 Å². The van der Waals surface area contributed by atoms with E-state index in [0.717, 1.165) is 23.1 Å². The number of carbonyl (C=O) groups is 1. The summed E-state index contributed by atoms with van der Waals surface area (Å²) < 4.78 is 18.9. The molecule has 43 heavy (non-hydrogen) atoms. The molecule has 2 heterocycles. The average molecular weight is 607 g/mol. The average Bonchev–Trinajstić information content (AvgIpc) is 3.23. The number of ether oxygens (including phenoxy) is 3. The Hall–Kier alpha value is -3.85. The van der Waals surface area contributed by atoms with Crippen LogP contribution in [0.4, 0.5) is 0 Å². The molecule has 0 fully saturated rings. The molecule has 0 aliphatic carbocycles. The van der Waals surface area contributed by atoms with Crippen molar-refractivity contribution in [3.63, 3.8) is 0 Å². The van der Waals surface area contributed by atoms with Crippen LogP contribution in [0.15, 0.2) is 51.4 Å². The largest absolute Gasteiger partial charge is 0.507 e. The van der Waals surface area contributed by atoms with Gasteiger partial charge < -0.3 is 19.3 Å². The van der Waals surface area contributed by atoms with Crippen LogP contribution in [-0.2, 0) is 20.4 Å². The van der Waals surface area contributed by atoms with Crippen LogP contribution in [0.3, 0.4) is 0 Å². The lowest BCUT2D eigenvalue weighted by molar-refractivity contribution is -0.136. The van der Waals surface area contributed by atoms with Gasteiger partial charge in [0.05, 0.1) is 36.6 Å². The second-order valence-corrected chi connectivity index (χ2v) is 13.8. The summed E-state index contributed by atoms with van der Waals surface area (Å²) in [5, 5.41) is 11.2. The lowest BCUT2D eigenvalue weighted by atomic mass is 9.78. The topological polar surface area (TPSA) is 99.4 Å². The number of aromatic hydroxyl groups is 1. The number of carbonyl (C=O) groups excluding carboxylic acids is 1. The van der Waals surface area contributed by atoms with Crippen molar-refractivity contribution < 1.29 is 24.1 Å². The van der Waals surface area contributed by atoms with Crippen LogP contribution >= 0.6 is 11.3 Å². The fraction of sp³-hybridized carbons (Fsp3) is 0.441. The Bertz CT molecular complexity index is 1730. The first-order chi connectivity index (χ1) is 20.1. The van der Waals surface area contributed by atoms with Gasteiger partial charge >= 0.3 is 5.97 Å². The van der Waals surface area contributed by atoms with E-state index in [1.54, 1.807) is 24.7 Å². The van der Waals surface area contributed by atoms with E-state index in [9.17, 15) is 14.7 Å². The number of nitrogens with zero attached hydrogens (tertiary/aromatic N) is 2. The van der Waals surface area contributed by atoms with Gasteiger partial charge in [0.15, 0.2) is 16.3 Å². The highest BCUT2D eigenvalue weighted by Gasteiger charge is 2.36. The molecule has 0 unspecified atom stereocenters. The third-order valence-corrected chi connectivity index (χ3v) is 8.43. The zero-order valence-corrected chi connectivity index (χ0v) is 27.6. The Kier molecular flexibility index (Phi) is 8.97. The summed E-state index contributed by atoms with van der Waals surface area (Å²) in [6.45, 7) is 16.5. The number of phenols is 1. The number of benzene rings is 2. The Morgan fingerprint density at radius 1 is 1.09 bits per heavy atom. The van der Waals surface area contributed by atoms with E-state index < -0.39 is 12.0 Å². The van der Waals surface area contributed by atoms with Crippen molar-refractivity contribution in [3.8, 4) is 17.2 Å². The van der Waals surface area contributed by atoms with Gasteiger partial charge in [0.25, 0.3) is 5.56 Å². The molecule has 1 atom stereocenters. The standard InChI is InChI=1S/C34H42N2O6S/c1-11-15-42-29-21(13-12-14-24(29)40-9)27-26(31(39)41-10)19(2)35-32-36(27)30(38)25(43-32)18-20-16-22(33(3,4)5)28(37)23(17-20)34(6,7)8/h12-14,16-18,27,37H,11,15H2,1-10H3/t27-/m0/s1. The van der Waals surface area contributed by atoms with Crippen molar-refractivity contribution >= 4 is 23.4 Å². The monoisotopic (exact) mass is 606 g/mol. The Morgan fingerprint density at radius 2 is 1.72 bits per heavy atom. The summed E-state index contributed by atoms with van der Waals surface area (Å²) in [6.07, 6.45) is 2.60. The van der Waals surface area contributed by atoms with Crippen molar-refractivity contribution in [2.45, 2.75) is 78.7 Å². The minimum atomic E-state index is -0.845. The molecular formula is C34H42N2O6S. The van der Waals surface area contributed by atoms with Crippen molar-refractivity contribution in [2.75, 3.05) is 20.8 Å². The maximum Gasteiger partial charge on any atom is 0.338 e. The molecule has 8 nitrogen and oxygen atoms in total. The molecule has 4 rings (SSSR count). The van der Waals surface area contributed by atoms with Crippen LogP contribution in [-0.4, -0.2) is 36.5 Å².